The van der Waals surface area contributed by atoms with Crippen LogP contribution in [0.2, 0.25) is 0 Å². The molecule has 4 heteroatoms. The number of nitrogens with one attached hydrogen (secondary N) is 1. The number of amides is 1. The Morgan fingerprint density at radius 2 is 1.94 bits per heavy atom. The molecule has 0 saturated heterocycles. The zero-order valence-electron chi connectivity index (χ0n) is 10.7. The maximum atomic E-state index is 11.7. The van der Waals surface area contributed by atoms with Gasteiger partial charge in [-0.15, -0.1) is 0 Å². The molecule has 0 fully saturated rings. The lowest BCUT2D eigenvalue weighted by Gasteiger charge is -2.16. The summed E-state index contributed by atoms with van der Waals surface area (Å²) in [5.41, 5.74) is 0.892. The summed E-state index contributed by atoms with van der Waals surface area (Å²) in [5, 5.41) is 2.60. The summed E-state index contributed by atoms with van der Waals surface area (Å²) in [6.07, 6.45) is 1.51. The van der Waals surface area contributed by atoms with E-state index >= 15 is 0 Å². The maximum Gasteiger partial charge on any atom is 0.253 e. The molecule has 1 rings (SSSR count). The highest BCUT2D eigenvalue weighted by Crippen LogP contribution is 2.13. The van der Waals surface area contributed by atoms with Crippen molar-refractivity contribution in [3.8, 4) is 0 Å². The van der Waals surface area contributed by atoms with Crippen molar-refractivity contribution in [2.75, 3.05) is 6.54 Å². The van der Waals surface area contributed by atoms with Gasteiger partial charge in [-0.05, 0) is 19.1 Å². The maximum absolute atomic E-state index is 11.7. The van der Waals surface area contributed by atoms with E-state index in [0.29, 0.717) is 5.56 Å². The van der Waals surface area contributed by atoms with E-state index in [1.54, 1.807) is 12.1 Å². The first-order chi connectivity index (χ1) is 7.80. The first-order valence-corrected chi connectivity index (χ1v) is 5.55. The molecule has 1 amide bonds. The SMILES string of the molecule is Cc1ccc(C(=O)NCC(=O)C(C)(C)C)cn1. The van der Waals surface area contributed by atoms with Crippen LogP contribution < -0.4 is 5.32 Å². The highest BCUT2D eigenvalue weighted by atomic mass is 16.2. The zero-order valence-corrected chi connectivity index (χ0v) is 10.7. The Balaban J connectivity index is 2.56. The minimum atomic E-state index is -0.432. The molecule has 0 aliphatic rings. The first kappa shape index (κ1) is 13.4. The van der Waals surface area contributed by atoms with Crippen LogP contribution in [0.4, 0.5) is 0 Å². The lowest BCUT2D eigenvalue weighted by atomic mass is 9.91. The molecule has 0 aliphatic carbocycles. The Labute approximate surface area is 101 Å². The summed E-state index contributed by atoms with van der Waals surface area (Å²) >= 11 is 0. The number of pyridine rings is 1. The molecule has 0 aliphatic heterocycles. The van der Waals surface area contributed by atoms with Gasteiger partial charge in [0.15, 0.2) is 5.78 Å². The largest absolute Gasteiger partial charge is 0.345 e. The predicted molar refractivity (Wildman–Crippen MR) is 65.8 cm³/mol. The molecule has 1 heterocycles. The minimum Gasteiger partial charge on any atom is -0.345 e. The van der Waals surface area contributed by atoms with Crippen molar-refractivity contribution >= 4 is 11.7 Å². The van der Waals surface area contributed by atoms with Gasteiger partial charge < -0.3 is 5.32 Å². The molecule has 0 spiro atoms. The molecule has 1 aromatic heterocycles. The smallest absolute Gasteiger partial charge is 0.253 e. The van der Waals surface area contributed by atoms with Crippen LogP contribution >= 0.6 is 0 Å². The van der Waals surface area contributed by atoms with E-state index in [0.717, 1.165) is 5.69 Å². The molecular formula is C13H18N2O2. The molecule has 0 aromatic carbocycles. The monoisotopic (exact) mass is 234 g/mol. The molecule has 0 unspecified atom stereocenters. The third-order valence-electron chi connectivity index (χ3n) is 2.42. The second kappa shape index (κ2) is 5.08. The van der Waals surface area contributed by atoms with Crippen molar-refractivity contribution in [2.24, 2.45) is 5.41 Å². The number of aryl methyl sites for hydroxylation is 1. The van der Waals surface area contributed by atoms with Crippen LogP contribution in [0.3, 0.4) is 0 Å². The highest BCUT2D eigenvalue weighted by molar-refractivity contribution is 5.97. The van der Waals surface area contributed by atoms with Crippen molar-refractivity contribution in [3.63, 3.8) is 0 Å². The third kappa shape index (κ3) is 3.98. The molecule has 4 nitrogen and oxygen atoms in total. The van der Waals surface area contributed by atoms with Gasteiger partial charge in [0.25, 0.3) is 5.91 Å². The molecule has 17 heavy (non-hydrogen) atoms. The minimum absolute atomic E-state index is 0.00548. The second-order valence-electron chi connectivity index (χ2n) is 5.04. The second-order valence-corrected chi connectivity index (χ2v) is 5.04. The number of aromatic nitrogens is 1. The van der Waals surface area contributed by atoms with Crippen molar-refractivity contribution < 1.29 is 9.59 Å². The van der Waals surface area contributed by atoms with Crippen LogP contribution in [-0.2, 0) is 4.79 Å². The number of hydrogen-bond donors (Lipinski definition) is 1. The van der Waals surface area contributed by atoms with Gasteiger partial charge in [-0.2, -0.15) is 0 Å². The fourth-order valence-electron chi connectivity index (χ4n) is 1.13. The normalized spacial score (nSPS) is 11.1. The van der Waals surface area contributed by atoms with Gasteiger partial charge in [0.05, 0.1) is 12.1 Å². The lowest BCUT2D eigenvalue weighted by Crippen LogP contribution is -2.35. The summed E-state index contributed by atoms with van der Waals surface area (Å²) < 4.78 is 0. The number of ketones is 1. The summed E-state index contributed by atoms with van der Waals surface area (Å²) in [4.78, 5) is 27.3. The van der Waals surface area contributed by atoms with Crippen LogP contribution in [0, 0.1) is 12.3 Å². The van der Waals surface area contributed by atoms with Gasteiger partial charge in [0.1, 0.15) is 0 Å². The van der Waals surface area contributed by atoms with E-state index in [1.807, 2.05) is 27.7 Å². The van der Waals surface area contributed by atoms with Gasteiger partial charge >= 0.3 is 0 Å². The molecule has 0 saturated carbocycles. The van der Waals surface area contributed by atoms with E-state index in [-0.39, 0.29) is 18.2 Å². The van der Waals surface area contributed by atoms with Gasteiger partial charge in [-0.3, -0.25) is 14.6 Å². The average molecular weight is 234 g/mol. The van der Waals surface area contributed by atoms with Gasteiger partial charge in [0, 0.05) is 17.3 Å². The number of carbonyl (C=O) groups excluding carboxylic acids is 2. The summed E-state index contributed by atoms with van der Waals surface area (Å²) in [5.74, 6) is -0.263. The summed E-state index contributed by atoms with van der Waals surface area (Å²) in [7, 11) is 0. The van der Waals surface area contributed by atoms with E-state index in [1.165, 1.54) is 6.20 Å². The third-order valence-corrected chi connectivity index (χ3v) is 2.42. The van der Waals surface area contributed by atoms with E-state index < -0.39 is 5.41 Å². The number of rotatable bonds is 3. The molecule has 1 N–H and O–H groups in total. The quantitative estimate of drug-likeness (QED) is 0.866. The number of carbonyl (C=O) groups is 2. The van der Waals surface area contributed by atoms with E-state index in [2.05, 4.69) is 10.3 Å². The predicted octanol–water partition coefficient (Wildman–Crippen LogP) is 1.74. The van der Waals surface area contributed by atoms with Crippen molar-refractivity contribution in [1.29, 1.82) is 0 Å². The van der Waals surface area contributed by atoms with Crippen LogP contribution in [0.15, 0.2) is 18.3 Å². The van der Waals surface area contributed by atoms with Crippen LogP contribution in [0.1, 0.15) is 36.8 Å². The van der Waals surface area contributed by atoms with Crippen LogP contribution in [-0.4, -0.2) is 23.2 Å². The van der Waals surface area contributed by atoms with Crippen molar-refractivity contribution in [1.82, 2.24) is 10.3 Å². The highest BCUT2D eigenvalue weighted by Gasteiger charge is 2.21. The fraction of sp³-hybridized carbons (Fsp3) is 0.462. The Kier molecular flexibility index (Phi) is 3.99. The number of hydrogen-bond acceptors (Lipinski definition) is 3. The Bertz CT molecular complexity index is 416. The Hall–Kier alpha value is -1.71. The number of Topliss-reactive ketones (excluding diaryl/α,β-unsaturated/α-hetero) is 1. The average Bonchev–Trinajstić information content (AvgIpc) is 2.25. The summed E-state index contributed by atoms with van der Waals surface area (Å²) in [6.45, 7) is 7.39. The lowest BCUT2D eigenvalue weighted by molar-refractivity contribution is -0.125. The molecule has 0 bridgehead atoms. The Morgan fingerprint density at radius 3 is 2.41 bits per heavy atom. The molecule has 0 radical (unpaired) electrons. The first-order valence-electron chi connectivity index (χ1n) is 5.55. The molecular weight excluding hydrogens is 216 g/mol. The van der Waals surface area contributed by atoms with Gasteiger partial charge in [-0.25, -0.2) is 0 Å². The van der Waals surface area contributed by atoms with Crippen LogP contribution in [0.25, 0.3) is 0 Å². The van der Waals surface area contributed by atoms with Gasteiger partial charge in [0.2, 0.25) is 0 Å². The fourth-order valence-corrected chi connectivity index (χ4v) is 1.13. The zero-order chi connectivity index (χ0) is 13.1. The molecule has 92 valence electrons. The molecule has 1 aromatic rings. The van der Waals surface area contributed by atoms with Crippen molar-refractivity contribution in [2.45, 2.75) is 27.7 Å². The summed E-state index contributed by atoms with van der Waals surface area (Å²) in [6, 6.07) is 3.46. The van der Waals surface area contributed by atoms with E-state index in [9.17, 15) is 9.59 Å². The van der Waals surface area contributed by atoms with Crippen molar-refractivity contribution in [3.05, 3.63) is 29.6 Å². The number of nitrogens with zero attached hydrogens (tertiary/aromatic N) is 1. The topological polar surface area (TPSA) is 59.1 Å². The standard InChI is InChI=1S/C13H18N2O2/c1-9-5-6-10(7-14-9)12(17)15-8-11(16)13(2,3)4/h5-7H,8H2,1-4H3,(H,15,17). The van der Waals surface area contributed by atoms with E-state index in [4.69, 9.17) is 0 Å². The van der Waals surface area contributed by atoms with Crippen LogP contribution in [0.5, 0.6) is 0 Å². The molecule has 0 atom stereocenters. The Morgan fingerprint density at radius 1 is 1.29 bits per heavy atom. The van der Waals surface area contributed by atoms with Gasteiger partial charge in [-0.1, -0.05) is 20.8 Å².